The Hall–Kier alpha value is -3.11. The average molecular weight is 491 g/mol. The van der Waals surface area contributed by atoms with E-state index in [1.165, 1.54) is 18.2 Å². The van der Waals surface area contributed by atoms with Gasteiger partial charge in [-0.25, -0.2) is 17.9 Å². The molecule has 1 aliphatic rings. The summed E-state index contributed by atoms with van der Waals surface area (Å²) in [6, 6.07) is 7.15. The number of esters is 1. The summed E-state index contributed by atoms with van der Waals surface area (Å²) >= 11 is 0. The minimum Gasteiger partial charge on any atom is -0.507 e. The Labute approximate surface area is 199 Å². The lowest BCUT2D eigenvalue weighted by Crippen LogP contribution is -2.36. The lowest BCUT2D eigenvalue weighted by atomic mass is 9.96. The number of hydrogen-bond acceptors (Lipinski definition) is 7. The van der Waals surface area contributed by atoms with Crippen molar-refractivity contribution in [2.75, 3.05) is 11.9 Å². The van der Waals surface area contributed by atoms with Gasteiger partial charge in [0.05, 0.1) is 6.61 Å². The van der Waals surface area contributed by atoms with Gasteiger partial charge in [-0.1, -0.05) is 19.3 Å². The number of phenols is 1. The minimum atomic E-state index is -3.93. The maximum absolute atomic E-state index is 12.9. The molecule has 0 saturated heterocycles. The van der Waals surface area contributed by atoms with Crippen molar-refractivity contribution in [2.24, 2.45) is 0 Å². The van der Waals surface area contributed by atoms with Gasteiger partial charge in [-0.15, -0.1) is 0 Å². The van der Waals surface area contributed by atoms with Gasteiger partial charge in [-0.3, -0.25) is 4.79 Å². The fourth-order valence-electron chi connectivity index (χ4n) is 3.96. The summed E-state index contributed by atoms with van der Waals surface area (Å²) in [6.07, 6.45) is 4.58. The highest BCUT2D eigenvalue weighted by Gasteiger charge is 2.25. The van der Waals surface area contributed by atoms with Crippen LogP contribution in [-0.2, 0) is 24.3 Å². The molecule has 3 N–H and O–H groups in total. The van der Waals surface area contributed by atoms with Crippen LogP contribution >= 0.6 is 0 Å². The third-order valence-electron chi connectivity index (χ3n) is 5.55. The molecule has 10 heteroatoms. The molecule has 34 heavy (non-hydrogen) atoms. The second-order valence-corrected chi connectivity index (χ2v) is 9.98. The third-order valence-corrected chi connectivity index (χ3v) is 7.10. The largest absolute Gasteiger partial charge is 0.507 e. The number of anilines is 1. The molecule has 184 valence electrons. The van der Waals surface area contributed by atoms with Gasteiger partial charge in [-0.2, -0.15) is 0 Å². The molecular weight excluding hydrogens is 460 g/mol. The fourth-order valence-corrected chi connectivity index (χ4v) is 5.37. The van der Waals surface area contributed by atoms with E-state index < -0.39 is 21.9 Å². The van der Waals surface area contributed by atoms with E-state index in [-0.39, 0.29) is 29.0 Å². The number of carbonyl (C=O) groups is 2. The minimum absolute atomic E-state index is 0.0948. The number of phenolic OH excluding ortho intramolecular Hbond substituents is 1. The van der Waals surface area contributed by atoms with E-state index in [4.69, 9.17) is 4.74 Å². The van der Waals surface area contributed by atoms with Gasteiger partial charge in [0, 0.05) is 17.8 Å². The van der Waals surface area contributed by atoms with Gasteiger partial charge in [-0.05, 0) is 69.0 Å². The zero-order valence-electron chi connectivity index (χ0n) is 19.5. The molecule has 1 saturated carbocycles. The molecule has 0 heterocycles. The van der Waals surface area contributed by atoms with Crippen molar-refractivity contribution in [1.82, 2.24) is 4.72 Å². The summed E-state index contributed by atoms with van der Waals surface area (Å²) in [5.41, 5.74) is 1.69. The van der Waals surface area contributed by atoms with E-state index in [1.54, 1.807) is 32.9 Å². The molecule has 0 atom stereocenters. The Bertz CT molecular complexity index is 1150. The van der Waals surface area contributed by atoms with Crippen LogP contribution in [0.15, 0.2) is 35.2 Å². The molecule has 2 aromatic carbocycles. The number of sulfonamides is 1. The predicted molar refractivity (Wildman–Crippen MR) is 127 cm³/mol. The number of ether oxygens (including phenoxy) is 2. The maximum Gasteiger partial charge on any atom is 0.397 e. The monoisotopic (exact) mass is 490 g/mol. The Morgan fingerprint density at radius 3 is 2.32 bits per heavy atom. The second-order valence-electron chi connectivity index (χ2n) is 8.30. The number of amides is 1. The average Bonchev–Trinajstić information content (AvgIpc) is 2.77. The molecule has 1 fully saturated rings. The summed E-state index contributed by atoms with van der Waals surface area (Å²) in [5, 5.41) is 12.7. The van der Waals surface area contributed by atoms with E-state index in [9.17, 15) is 23.1 Å². The molecule has 3 rings (SSSR count). The van der Waals surface area contributed by atoms with Crippen LogP contribution in [0.3, 0.4) is 0 Å². The van der Waals surface area contributed by atoms with Crippen LogP contribution in [0, 0.1) is 13.8 Å². The molecule has 9 nitrogen and oxygen atoms in total. The lowest BCUT2D eigenvalue weighted by molar-refractivity contribution is -0.152. The first-order chi connectivity index (χ1) is 16.1. The predicted octanol–water partition coefficient (Wildman–Crippen LogP) is 3.91. The molecule has 2 aromatic rings. The molecule has 0 unspecified atom stereocenters. The van der Waals surface area contributed by atoms with E-state index in [2.05, 4.69) is 14.8 Å². The van der Waals surface area contributed by atoms with Crippen LogP contribution in [-0.4, -0.2) is 38.0 Å². The van der Waals surface area contributed by atoms with Gasteiger partial charge in [0.2, 0.25) is 10.0 Å². The van der Waals surface area contributed by atoms with Crippen molar-refractivity contribution in [3.05, 3.63) is 41.5 Å². The first-order valence-electron chi connectivity index (χ1n) is 11.2. The van der Waals surface area contributed by atoms with E-state index >= 15 is 0 Å². The van der Waals surface area contributed by atoms with Crippen LogP contribution in [0.1, 0.15) is 50.2 Å². The summed E-state index contributed by atoms with van der Waals surface area (Å²) in [5.74, 6) is -1.52. The van der Waals surface area contributed by atoms with Gasteiger partial charge in [0.1, 0.15) is 22.1 Å². The van der Waals surface area contributed by atoms with E-state index in [0.29, 0.717) is 22.6 Å². The second kappa shape index (κ2) is 10.9. The van der Waals surface area contributed by atoms with Gasteiger partial charge >= 0.3 is 11.9 Å². The van der Waals surface area contributed by atoms with Crippen LogP contribution in [0.4, 0.5) is 5.69 Å². The SMILES string of the molecule is CCOC(=O)C(=O)Nc1cc(C)c(Oc2ccc(O)c(S(=O)(=O)NC3CCCCC3)c2)c(C)c1. The topological polar surface area (TPSA) is 131 Å². The highest BCUT2D eigenvalue weighted by molar-refractivity contribution is 7.89. The third kappa shape index (κ3) is 6.27. The van der Waals surface area contributed by atoms with Crippen LogP contribution in [0.5, 0.6) is 17.2 Å². The van der Waals surface area contributed by atoms with Crippen LogP contribution in [0.2, 0.25) is 0 Å². The molecular formula is C24H30N2O7S. The highest BCUT2D eigenvalue weighted by atomic mass is 32.2. The molecule has 1 amide bonds. The van der Waals surface area contributed by atoms with Gasteiger partial charge in [0.15, 0.2) is 0 Å². The maximum atomic E-state index is 12.9. The van der Waals surface area contributed by atoms with Crippen molar-refractivity contribution in [1.29, 1.82) is 0 Å². The standard InChI is InChI=1S/C24H30N2O7S/c1-4-32-24(29)23(28)25-18-12-15(2)22(16(3)13-18)33-19-10-11-20(27)21(14-19)34(30,31)26-17-8-6-5-7-9-17/h10-14,17,26-27H,4-9H2,1-3H3,(H,25,28). The molecule has 0 spiro atoms. The van der Waals surface area contributed by atoms with E-state index in [1.807, 2.05) is 0 Å². The first-order valence-corrected chi connectivity index (χ1v) is 12.7. The number of carbonyl (C=O) groups excluding carboxylic acids is 2. The first kappa shape index (κ1) is 25.5. The quantitative estimate of drug-likeness (QED) is 0.396. The van der Waals surface area contributed by atoms with Gasteiger partial charge in [0.25, 0.3) is 0 Å². The zero-order valence-corrected chi connectivity index (χ0v) is 20.3. The van der Waals surface area contributed by atoms with Crippen molar-refractivity contribution in [2.45, 2.75) is 63.8 Å². The Kier molecular flexibility index (Phi) is 8.16. The molecule has 0 bridgehead atoms. The molecule has 1 aliphatic carbocycles. The number of hydrogen-bond donors (Lipinski definition) is 3. The molecule has 0 aliphatic heterocycles. The summed E-state index contributed by atoms with van der Waals surface area (Å²) in [4.78, 5) is 23.2. The summed E-state index contributed by atoms with van der Waals surface area (Å²) in [6.45, 7) is 5.21. The molecule has 0 aromatic heterocycles. The van der Waals surface area contributed by atoms with Crippen molar-refractivity contribution in [3.8, 4) is 17.2 Å². The number of aryl methyl sites for hydroxylation is 2. The van der Waals surface area contributed by atoms with Crippen molar-refractivity contribution >= 4 is 27.6 Å². The Balaban J connectivity index is 1.80. The zero-order chi connectivity index (χ0) is 24.9. The fraction of sp³-hybridized carbons (Fsp3) is 0.417. The Morgan fingerprint density at radius 2 is 1.71 bits per heavy atom. The van der Waals surface area contributed by atoms with E-state index in [0.717, 1.165) is 32.1 Å². The number of benzene rings is 2. The number of rotatable bonds is 7. The molecule has 0 radical (unpaired) electrons. The normalized spacial score (nSPS) is 14.4. The van der Waals surface area contributed by atoms with Crippen molar-refractivity contribution < 1.29 is 32.6 Å². The smallest absolute Gasteiger partial charge is 0.397 e. The van der Waals surface area contributed by atoms with Crippen LogP contribution < -0.4 is 14.8 Å². The highest BCUT2D eigenvalue weighted by Crippen LogP contribution is 2.35. The Morgan fingerprint density at radius 1 is 1.06 bits per heavy atom. The van der Waals surface area contributed by atoms with Crippen LogP contribution in [0.25, 0.3) is 0 Å². The lowest BCUT2D eigenvalue weighted by Gasteiger charge is -2.23. The van der Waals surface area contributed by atoms with Crippen molar-refractivity contribution in [3.63, 3.8) is 0 Å². The van der Waals surface area contributed by atoms with Gasteiger partial charge < -0.3 is 19.9 Å². The summed E-state index contributed by atoms with van der Waals surface area (Å²) < 4.78 is 39.1. The number of aromatic hydroxyl groups is 1. The summed E-state index contributed by atoms with van der Waals surface area (Å²) in [7, 11) is -3.93. The number of nitrogens with one attached hydrogen (secondary N) is 2.